The summed E-state index contributed by atoms with van der Waals surface area (Å²) in [6.07, 6.45) is 3.91. The molecule has 1 fully saturated rings. The van der Waals surface area contributed by atoms with Gasteiger partial charge in [0.1, 0.15) is 6.17 Å². The zero-order chi connectivity index (χ0) is 7.40. The Kier molecular flexibility index (Phi) is 2.44. The van der Waals surface area contributed by atoms with Crippen LogP contribution >= 0.6 is 0 Å². The van der Waals surface area contributed by atoms with E-state index in [2.05, 4.69) is 4.85 Å². The van der Waals surface area contributed by atoms with Crippen LogP contribution in [0.5, 0.6) is 0 Å². The minimum atomic E-state index is -0.831. The van der Waals surface area contributed by atoms with Gasteiger partial charge in [0, 0.05) is 0 Å². The van der Waals surface area contributed by atoms with Crippen LogP contribution < -0.4 is 0 Å². The van der Waals surface area contributed by atoms with Gasteiger partial charge in [-0.15, -0.1) is 0 Å². The van der Waals surface area contributed by atoms with Crippen molar-refractivity contribution in [2.45, 2.75) is 31.9 Å². The molecule has 0 aromatic carbocycles. The number of alkyl halides is 1. The second kappa shape index (κ2) is 3.36. The third-order valence-corrected chi connectivity index (χ3v) is 1.81. The summed E-state index contributed by atoms with van der Waals surface area (Å²) in [5.41, 5.74) is 0.696. The Morgan fingerprint density at radius 2 is 2.40 bits per heavy atom. The standard InChI is InChI=1S/C8H10FN/c1-10-6-7-4-2-3-5-8(7)9/h6,8H,2-5H2/b7-6+. The minimum absolute atomic E-state index is 0.612. The van der Waals surface area contributed by atoms with Gasteiger partial charge in [-0.1, -0.05) is 12.8 Å². The van der Waals surface area contributed by atoms with Crippen molar-refractivity contribution in [3.63, 3.8) is 0 Å². The van der Waals surface area contributed by atoms with Crippen molar-refractivity contribution >= 4 is 0 Å². The third kappa shape index (κ3) is 1.57. The molecule has 54 valence electrons. The average molecular weight is 139 g/mol. The molecule has 1 saturated carbocycles. The summed E-state index contributed by atoms with van der Waals surface area (Å²) in [6.45, 7) is 6.51. The van der Waals surface area contributed by atoms with Crippen LogP contribution in [0.1, 0.15) is 25.7 Å². The molecule has 1 rings (SSSR count). The van der Waals surface area contributed by atoms with E-state index in [0.717, 1.165) is 19.3 Å². The molecule has 2 heteroatoms. The molecule has 0 bridgehead atoms. The molecule has 0 radical (unpaired) electrons. The van der Waals surface area contributed by atoms with E-state index in [9.17, 15) is 4.39 Å². The van der Waals surface area contributed by atoms with Gasteiger partial charge in [-0.25, -0.2) is 9.24 Å². The first-order valence-corrected chi connectivity index (χ1v) is 3.54. The number of hydrogen-bond acceptors (Lipinski definition) is 0. The van der Waals surface area contributed by atoms with Gasteiger partial charge in [0.25, 0.3) is 0 Å². The zero-order valence-corrected chi connectivity index (χ0v) is 5.81. The highest BCUT2D eigenvalue weighted by Gasteiger charge is 2.16. The normalized spacial score (nSPS) is 30.0. The van der Waals surface area contributed by atoms with Crippen LogP contribution in [-0.2, 0) is 0 Å². The van der Waals surface area contributed by atoms with E-state index in [0.29, 0.717) is 12.0 Å². The molecule has 0 aromatic heterocycles. The predicted octanol–water partition coefficient (Wildman–Crippen LogP) is 2.70. The molecule has 1 nitrogen and oxygen atoms in total. The quantitative estimate of drug-likeness (QED) is 0.454. The monoisotopic (exact) mass is 139 g/mol. The molecule has 1 atom stereocenters. The van der Waals surface area contributed by atoms with Crippen LogP contribution in [-0.4, -0.2) is 6.17 Å². The first kappa shape index (κ1) is 7.27. The van der Waals surface area contributed by atoms with Crippen molar-refractivity contribution in [1.82, 2.24) is 0 Å². The molecule has 0 heterocycles. The van der Waals surface area contributed by atoms with Gasteiger partial charge in [0.2, 0.25) is 0 Å². The van der Waals surface area contributed by atoms with E-state index in [1.54, 1.807) is 0 Å². The number of nitrogens with zero attached hydrogens (tertiary/aromatic N) is 1. The largest absolute Gasteiger partial charge is 0.246 e. The van der Waals surface area contributed by atoms with Crippen molar-refractivity contribution in [3.05, 3.63) is 23.2 Å². The highest BCUT2D eigenvalue weighted by atomic mass is 19.1. The molecule has 10 heavy (non-hydrogen) atoms. The summed E-state index contributed by atoms with van der Waals surface area (Å²) in [5, 5.41) is 0. The van der Waals surface area contributed by atoms with E-state index in [1.807, 2.05) is 0 Å². The SMILES string of the molecule is [C-]#[N+]/C=C1\CCCCC1F. The average Bonchev–Trinajstić information content (AvgIpc) is 1.94. The molecule has 1 aliphatic rings. The molecule has 1 aliphatic carbocycles. The smallest absolute Gasteiger partial charge is 0.156 e. The van der Waals surface area contributed by atoms with Crippen LogP contribution in [0.2, 0.25) is 0 Å². The lowest BCUT2D eigenvalue weighted by Gasteiger charge is -2.17. The van der Waals surface area contributed by atoms with E-state index >= 15 is 0 Å². The highest BCUT2D eigenvalue weighted by molar-refractivity contribution is 5.13. The summed E-state index contributed by atoms with van der Waals surface area (Å²) in [7, 11) is 0. The van der Waals surface area contributed by atoms with Crippen molar-refractivity contribution in [3.8, 4) is 0 Å². The fourth-order valence-electron chi connectivity index (χ4n) is 1.22. The molecular weight excluding hydrogens is 129 g/mol. The predicted molar refractivity (Wildman–Crippen MR) is 38.0 cm³/mol. The molecule has 0 spiro atoms. The van der Waals surface area contributed by atoms with Crippen molar-refractivity contribution < 1.29 is 4.39 Å². The van der Waals surface area contributed by atoms with Gasteiger partial charge in [-0.3, -0.25) is 0 Å². The Labute approximate surface area is 60.4 Å². The Morgan fingerprint density at radius 3 is 3.00 bits per heavy atom. The molecule has 0 amide bonds. The van der Waals surface area contributed by atoms with Gasteiger partial charge >= 0.3 is 0 Å². The van der Waals surface area contributed by atoms with E-state index < -0.39 is 6.17 Å². The van der Waals surface area contributed by atoms with Crippen LogP contribution in [0.3, 0.4) is 0 Å². The fourth-order valence-corrected chi connectivity index (χ4v) is 1.22. The first-order chi connectivity index (χ1) is 4.84. The molecule has 0 aromatic rings. The summed E-state index contributed by atoms with van der Waals surface area (Å²) in [5.74, 6) is 0. The fraction of sp³-hybridized carbons (Fsp3) is 0.625. The molecule has 0 saturated heterocycles. The number of hydrogen-bond donors (Lipinski definition) is 0. The summed E-state index contributed by atoms with van der Waals surface area (Å²) < 4.78 is 12.8. The molecule has 0 aliphatic heterocycles. The van der Waals surface area contributed by atoms with Crippen LogP contribution in [0.4, 0.5) is 4.39 Å². The minimum Gasteiger partial charge on any atom is -0.246 e. The summed E-state index contributed by atoms with van der Waals surface area (Å²) >= 11 is 0. The van der Waals surface area contributed by atoms with Gasteiger partial charge in [-0.2, -0.15) is 0 Å². The number of halogens is 1. The maximum atomic E-state index is 12.8. The first-order valence-electron chi connectivity index (χ1n) is 3.54. The van der Waals surface area contributed by atoms with E-state index in [4.69, 9.17) is 6.57 Å². The molecule has 0 N–H and O–H groups in total. The van der Waals surface area contributed by atoms with Crippen LogP contribution in [0.25, 0.3) is 4.85 Å². The second-order valence-electron chi connectivity index (χ2n) is 2.55. The van der Waals surface area contributed by atoms with Crippen molar-refractivity contribution in [2.75, 3.05) is 0 Å². The Balaban J connectivity index is 2.58. The lowest BCUT2D eigenvalue weighted by Crippen LogP contribution is -2.09. The Bertz CT molecular complexity index is 178. The van der Waals surface area contributed by atoms with Crippen molar-refractivity contribution in [2.24, 2.45) is 0 Å². The molecule has 1 unspecified atom stereocenters. The Morgan fingerprint density at radius 1 is 1.60 bits per heavy atom. The third-order valence-electron chi connectivity index (χ3n) is 1.81. The summed E-state index contributed by atoms with van der Waals surface area (Å²) in [6, 6.07) is 0. The molecular formula is C8H10FN. The maximum absolute atomic E-state index is 12.8. The lowest BCUT2D eigenvalue weighted by molar-refractivity contribution is 0.317. The van der Waals surface area contributed by atoms with Gasteiger partial charge < -0.3 is 0 Å². The number of allylic oxidation sites excluding steroid dienone is 1. The van der Waals surface area contributed by atoms with Gasteiger partial charge in [0.15, 0.2) is 6.20 Å². The number of rotatable bonds is 0. The van der Waals surface area contributed by atoms with Gasteiger partial charge in [-0.05, 0) is 18.4 Å². The van der Waals surface area contributed by atoms with Crippen molar-refractivity contribution in [1.29, 1.82) is 0 Å². The zero-order valence-electron chi connectivity index (χ0n) is 5.81. The second-order valence-corrected chi connectivity index (χ2v) is 2.55. The topological polar surface area (TPSA) is 4.36 Å². The Hall–Kier alpha value is -0.840. The van der Waals surface area contributed by atoms with E-state index in [1.165, 1.54) is 6.20 Å². The van der Waals surface area contributed by atoms with Gasteiger partial charge in [0.05, 0.1) is 6.57 Å². The maximum Gasteiger partial charge on any atom is 0.156 e. The van der Waals surface area contributed by atoms with Crippen LogP contribution in [0.15, 0.2) is 11.8 Å². The van der Waals surface area contributed by atoms with Crippen LogP contribution in [0, 0.1) is 6.57 Å². The summed E-state index contributed by atoms with van der Waals surface area (Å²) in [4.78, 5) is 3.06. The highest BCUT2D eigenvalue weighted by Crippen LogP contribution is 2.25. The lowest BCUT2D eigenvalue weighted by atomic mass is 9.94. The van der Waals surface area contributed by atoms with E-state index in [-0.39, 0.29) is 0 Å².